The van der Waals surface area contributed by atoms with Gasteiger partial charge in [-0.15, -0.1) is 0 Å². The lowest BCUT2D eigenvalue weighted by Crippen LogP contribution is -2.32. The molecule has 2 nitrogen and oxygen atoms in total. The normalized spacial score (nSPS) is 26.8. The van der Waals surface area contributed by atoms with E-state index in [-0.39, 0.29) is 12.5 Å². The Morgan fingerprint density at radius 2 is 2.09 bits per heavy atom. The second-order valence-electron chi connectivity index (χ2n) is 3.18. The molecule has 1 rings (SSSR count). The van der Waals surface area contributed by atoms with Crippen molar-refractivity contribution in [3.05, 3.63) is 0 Å². The van der Waals surface area contributed by atoms with Gasteiger partial charge in [0, 0.05) is 12.5 Å². The zero-order valence-corrected chi connectivity index (χ0v) is 6.53. The van der Waals surface area contributed by atoms with Gasteiger partial charge in [0.05, 0.1) is 0 Å². The molecule has 1 aliphatic carbocycles. The number of alkyl halides is 2. The summed E-state index contributed by atoms with van der Waals surface area (Å²) in [6.07, 6.45) is -0.286. The summed E-state index contributed by atoms with van der Waals surface area (Å²) in [4.78, 5) is 10.8. The van der Waals surface area contributed by atoms with Crippen molar-refractivity contribution in [3.8, 4) is 0 Å². The molecular formula is C7H11F2NO. The number of carbonyl (C=O) groups excluding carboxylic acids is 1. The van der Waals surface area contributed by atoms with Crippen LogP contribution in [0.4, 0.5) is 8.78 Å². The van der Waals surface area contributed by atoms with E-state index in [4.69, 9.17) is 0 Å². The van der Waals surface area contributed by atoms with Crippen molar-refractivity contribution in [2.24, 2.45) is 5.92 Å². The Morgan fingerprint density at radius 3 is 2.36 bits per heavy atom. The minimum absolute atomic E-state index is 0.0566. The van der Waals surface area contributed by atoms with Gasteiger partial charge in [0.15, 0.2) is 0 Å². The molecule has 0 aliphatic heterocycles. The first-order valence-electron chi connectivity index (χ1n) is 3.61. The molecule has 0 aromatic heterocycles. The van der Waals surface area contributed by atoms with Crippen LogP contribution in [-0.2, 0) is 4.79 Å². The van der Waals surface area contributed by atoms with Gasteiger partial charge in [-0.2, -0.15) is 0 Å². The fourth-order valence-electron chi connectivity index (χ4n) is 0.883. The molecule has 0 bridgehead atoms. The molecule has 64 valence electrons. The smallest absolute Gasteiger partial charge is 0.260 e. The highest BCUT2D eigenvalue weighted by atomic mass is 19.3. The molecule has 4 heteroatoms. The van der Waals surface area contributed by atoms with Crippen molar-refractivity contribution in [1.29, 1.82) is 0 Å². The van der Waals surface area contributed by atoms with Crippen molar-refractivity contribution in [3.63, 3.8) is 0 Å². The van der Waals surface area contributed by atoms with Gasteiger partial charge in [0.25, 0.3) is 5.92 Å². The first-order chi connectivity index (χ1) is 4.93. The van der Waals surface area contributed by atoms with Crippen molar-refractivity contribution in [1.82, 2.24) is 5.32 Å². The van der Waals surface area contributed by atoms with Crippen molar-refractivity contribution >= 4 is 5.91 Å². The van der Waals surface area contributed by atoms with E-state index in [1.807, 2.05) is 0 Å². The molecule has 0 spiro atoms. The van der Waals surface area contributed by atoms with E-state index in [0.29, 0.717) is 0 Å². The third kappa shape index (κ3) is 1.88. The van der Waals surface area contributed by atoms with E-state index in [0.717, 1.165) is 0 Å². The maximum atomic E-state index is 12.2. The van der Waals surface area contributed by atoms with Crippen molar-refractivity contribution in [2.75, 3.05) is 0 Å². The summed E-state index contributed by atoms with van der Waals surface area (Å²) in [5.41, 5.74) is 0. The maximum Gasteiger partial charge on any atom is 0.260 e. The first-order valence-corrected chi connectivity index (χ1v) is 3.61. The van der Waals surface area contributed by atoms with Gasteiger partial charge in [-0.05, 0) is 13.8 Å². The van der Waals surface area contributed by atoms with Gasteiger partial charge in [0.2, 0.25) is 5.91 Å². The third-order valence-corrected chi connectivity index (χ3v) is 1.57. The highest BCUT2D eigenvalue weighted by Gasteiger charge is 2.61. The van der Waals surface area contributed by atoms with Gasteiger partial charge in [-0.25, -0.2) is 8.78 Å². The van der Waals surface area contributed by atoms with Crippen molar-refractivity contribution in [2.45, 2.75) is 32.2 Å². The molecule has 0 heterocycles. The lowest BCUT2D eigenvalue weighted by atomic mass is 10.3. The summed E-state index contributed by atoms with van der Waals surface area (Å²) in [6, 6.07) is -0.0566. The molecular weight excluding hydrogens is 152 g/mol. The molecule has 1 aliphatic rings. The zero-order valence-electron chi connectivity index (χ0n) is 6.53. The lowest BCUT2D eigenvalue weighted by Gasteiger charge is -2.06. The Hall–Kier alpha value is -0.670. The Labute approximate surface area is 64.0 Å². The van der Waals surface area contributed by atoms with Crippen LogP contribution in [0.1, 0.15) is 20.3 Å². The van der Waals surface area contributed by atoms with Gasteiger partial charge >= 0.3 is 0 Å². The second-order valence-corrected chi connectivity index (χ2v) is 3.18. The molecule has 0 aromatic rings. The Balaban J connectivity index is 2.34. The minimum atomic E-state index is -2.74. The van der Waals surface area contributed by atoms with Crippen LogP contribution in [0.2, 0.25) is 0 Å². The Bertz CT molecular complexity index is 179. The fraction of sp³-hybridized carbons (Fsp3) is 0.857. The number of carbonyl (C=O) groups is 1. The molecule has 11 heavy (non-hydrogen) atoms. The number of amides is 1. The topological polar surface area (TPSA) is 29.1 Å². The van der Waals surface area contributed by atoms with Gasteiger partial charge < -0.3 is 5.32 Å². The summed E-state index contributed by atoms with van der Waals surface area (Å²) in [6.45, 7) is 3.50. The third-order valence-electron chi connectivity index (χ3n) is 1.57. The summed E-state index contributed by atoms with van der Waals surface area (Å²) in [7, 11) is 0. The largest absolute Gasteiger partial charge is 0.353 e. The van der Waals surface area contributed by atoms with Crippen LogP contribution in [0, 0.1) is 5.92 Å². The second kappa shape index (κ2) is 2.43. The number of hydrogen-bond acceptors (Lipinski definition) is 1. The number of hydrogen-bond donors (Lipinski definition) is 1. The van der Waals surface area contributed by atoms with Gasteiger partial charge in [-0.1, -0.05) is 0 Å². The van der Waals surface area contributed by atoms with Crippen LogP contribution in [0.15, 0.2) is 0 Å². The van der Waals surface area contributed by atoms with Crippen LogP contribution in [0.25, 0.3) is 0 Å². The van der Waals surface area contributed by atoms with E-state index in [2.05, 4.69) is 5.32 Å². The summed E-state index contributed by atoms with van der Waals surface area (Å²) in [5.74, 6) is -4.33. The van der Waals surface area contributed by atoms with E-state index in [9.17, 15) is 13.6 Å². The van der Waals surface area contributed by atoms with E-state index >= 15 is 0 Å². The number of nitrogens with one attached hydrogen (secondary N) is 1. The summed E-state index contributed by atoms with van der Waals surface area (Å²) < 4.78 is 24.5. The highest BCUT2D eigenvalue weighted by molar-refractivity contribution is 5.82. The molecule has 1 saturated carbocycles. The number of rotatable bonds is 2. The maximum absolute atomic E-state index is 12.2. The monoisotopic (exact) mass is 163 g/mol. The summed E-state index contributed by atoms with van der Waals surface area (Å²) >= 11 is 0. The minimum Gasteiger partial charge on any atom is -0.353 e. The van der Waals surface area contributed by atoms with E-state index in [1.165, 1.54) is 0 Å². The molecule has 1 atom stereocenters. The fourth-order valence-corrected chi connectivity index (χ4v) is 0.883. The molecule has 0 radical (unpaired) electrons. The van der Waals surface area contributed by atoms with Crippen LogP contribution >= 0.6 is 0 Å². The Kier molecular flexibility index (Phi) is 1.86. The van der Waals surface area contributed by atoms with E-state index in [1.54, 1.807) is 13.8 Å². The number of halogens is 2. The predicted molar refractivity (Wildman–Crippen MR) is 36.3 cm³/mol. The lowest BCUT2D eigenvalue weighted by molar-refractivity contribution is -0.124. The zero-order chi connectivity index (χ0) is 8.65. The van der Waals surface area contributed by atoms with Gasteiger partial charge in [-0.3, -0.25) is 4.79 Å². The molecule has 0 saturated heterocycles. The molecule has 0 unspecified atom stereocenters. The van der Waals surface area contributed by atoms with E-state index < -0.39 is 17.7 Å². The molecule has 1 amide bonds. The molecule has 0 aromatic carbocycles. The quantitative estimate of drug-likeness (QED) is 0.650. The molecule has 1 fully saturated rings. The molecule has 1 N–H and O–H groups in total. The average molecular weight is 163 g/mol. The Morgan fingerprint density at radius 1 is 1.64 bits per heavy atom. The van der Waals surface area contributed by atoms with Crippen LogP contribution in [0.5, 0.6) is 0 Å². The van der Waals surface area contributed by atoms with Crippen molar-refractivity contribution < 1.29 is 13.6 Å². The average Bonchev–Trinajstić information content (AvgIpc) is 2.38. The standard InChI is InChI=1S/C7H11F2NO/c1-4(2)10-6(11)5-3-7(5,8)9/h4-5H,3H2,1-2H3,(H,10,11)/t5-/m0/s1. The van der Waals surface area contributed by atoms with Crippen LogP contribution in [0.3, 0.4) is 0 Å². The first kappa shape index (κ1) is 8.43. The van der Waals surface area contributed by atoms with Crippen LogP contribution in [-0.4, -0.2) is 17.9 Å². The predicted octanol–water partition coefficient (Wildman–Crippen LogP) is 1.17. The SMILES string of the molecule is CC(C)NC(=O)[C@@H]1CC1(F)F. The van der Waals surface area contributed by atoms with Gasteiger partial charge in [0.1, 0.15) is 5.92 Å². The highest BCUT2D eigenvalue weighted by Crippen LogP contribution is 2.48. The van der Waals surface area contributed by atoms with Crippen LogP contribution < -0.4 is 5.32 Å². The summed E-state index contributed by atoms with van der Waals surface area (Å²) in [5, 5.41) is 2.44.